The maximum Gasteiger partial charge on any atom is 0.161 e. The van der Waals surface area contributed by atoms with E-state index >= 15 is 0 Å². The van der Waals surface area contributed by atoms with Crippen molar-refractivity contribution in [1.29, 1.82) is 5.26 Å². The van der Waals surface area contributed by atoms with Gasteiger partial charge in [-0.25, -0.2) is 0 Å². The van der Waals surface area contributed by atoms with Gasteiger partial charge >= 0.3 is 0 Å². The standard InChI is InChI=1S/C13H15NO3/c14-7-3-4-8-15-9-11-10-16-12-5-1-2-6-13(12)17-11/h1-2,5-6,11H,3-4,8-10H2. The summed E-state index contributed by atoms with van der Waals surface area (Å²) >= 11 is 0. The van der Waals surface area contributed by atoms with Gasteiger partial charge in [-0.1, -0.05) is 12.1 Å². The van der Waals surface area contributed by atoms with Crippen molar-refractivity contribution in [2.45, 2.75) is 18.9 Å². The van der Waals surface area contributed by atoms with Crippen LogP contribution in [0.3, 0.4) is 0 Å². The van der Waals surface area contributed by atoms with Gasteiger partial charge in [-0.2, -0.15) is 5.26 Å². The van der Waals surface area contributed by atoms with E-state index in [1.54, 1.807) is 0 Å². The largest absolute Gasteiger partial charge is 0.486 e. The van der Waals surface area contributed by atoms with Gasteiger partial charge in [0.15, 0.2) is 17.6 Å². The highest BCUT2D eigenvalue weighted by atomic mass is 16.6. The SMILES string of the molecule is N#CCCCOCC1COc2ccccc2O1. The van der Waals surface area contributed by atoms with Gasteiger partial charge in [0.1, 0.15) is 6.61 Å². The molecule has 17 heavy (non-hydrogen) atoms. The lowest BCUT2D eigenvalue weighted by molar-refractivity contribution is 0.00845. The molecule has 0 fully saturated rings. The highest BCUT2D eigenvalue weighted by molar-refractivity contribution is 5.40. The predicted molar refractivity (Wildman–Crippen MR) is 62.0 cm³/mol. The fourth-order valence-corrected chi connectivity index (χ4v) is 1.61. The third kappa shape index (κ3) is 3.36. The molecule has 4 heteroatoms. The van der Waals surface area contributed by atoms with Crippen LogP contribution in [0.5, 0.6) is 11.5 Å². The summed E-state index contributed by atoms with van der Waals surface area (Å²) in [4.78, 5) is 0. The summed E-state index contributed by atoms with van der Waals surface area (Å²) in [7, 11) is 0. The Morgan fingerprint density at radius 3 is 3.00 bits per heavy atom. The second kappa shape index (κ2) is 6.12. The second-order valence-electron chi connectivity index (χ2n) is 3.83. The summed E-state index contributed by atoms with van der Waals surface area (Å²) in [6.45, 7) is 1.60. The molecule has 1 heterocycles. The van der Waals surface area contributed by atoms with E-state index in [0.29, 0.717) is 26.2 Å². The smallest absolute Gasteiger partial charge is 0.161 e. The molecule has 0 saturated carbocycles. The van der Waals surface area contributed by atoms with Gasteiger partial charge in [-0.15, -0.1) is 0 Å². The van der Waals surface area contributed by atoms with Crippen molar-refractivity contribution in [3.05, 3.63) is 24.3 Å². The van der Waals surface area contributed by atoms with Crippen molar-refractivity contribution in [2.75, 3.05) is 19.8 Å². The summed E-state index contributed by atoms with van der Waals surface area (Å²) in [6, 6.07) is 9.69. The van der Waals surface area contributed by atoms with E-state index in [1.807, 2.05) is 24.3 Å². The Morgan fingerprint density at radius 1 is 1.35 bits per heavy atom. The lowest BCUT2D eigenvalue weighted by Crippen LogP contribution is -2.33. The third-order valence-electron chi connectivity index (χ3n) is 2.45. The maximum atomic E-state index is 8.37. The molecule has 1 aliphatic rings. The van der Waals surface area contributed by atoms with Gasteiger partial charge in [-0.05, 0) is 18.6 Å². The van der Waals surface area contributed by atoms with E-state index in [4.69, 9.17) is 19.5 Å². The Balaban J connectivity index is 1.73. The van der Waals surface area contributed by atoms with E-state index in [0.717, 1.165) is 17.9 Å². The summed E-state index contributed by atoms with van der Waals surface area (Å²) in [5, 5.41) is 8.37. The third-order valence-corrected chi connectivity index (χ3v) is 2.45. The first kappa shape index (κ1) is 11.7. The number of benzene rings is 1. The summed E-state index contributed by atoms with van der Waals surface area (Å²) < 4.78 is 16.7. The number of unbranched alkanes of at least 4 members (excludes halogenated alkanes) is 1. The predicted octanol–water partition coefficient (Wildman–Crippen LogP) is 2.15. The molecule has 2 rings (SSSR count). The number of hydrogen-bond acceptors (Lipinski definition) is 4. The highest BCUT2D eigenvalue weighted by Gasteiger charge is 2.20. The number of rotatable bonds is 5. The number of ether oxygens (including phenoxy) is 3. The number of para-hydroxylation sites is 2. The van der Waals surface area contributed by atoms with Crippen LogP contribution in [0.15, 0.2) is 24.3 Å². The molecule has 1 aromatic carbocycles. The Hall–Kier alpha value is -1.73. The average Bonchev–Trinajstić information content (AvgIpc) is 2.38. The van der Waals surface area contributed by atoms with Crippen LogP contribution < -0.4 is 9.47 Å². The topological polar surface area (TPSA) is 51.5 Å². The van der Waals surface area contributed by atoms with E-state index in [9.17, 15) is 0 Å². The Labute approximate surface area is 101 Å². The fraction of sp³-hybridized carbons (Fsp3) is 0.462. The Kier molecular flexibility index (Phi) is 4.23. The molecule has 0 aliphatic carbocycles. The fourth-order valence-electron chi connectivity index (χ4n) is 1.61. The molecule has 1 aromatic rings. The second-order valence-corrected chi connectivity index (χ2v) is 3.83. The van der Waals surface area contributed by atoms with Crippen LogP contribution in [0.2, 0.25) is 0 Å². The zero-order valence-electron chi connectivity index (χ0n) is 9.59. The summed E-state index contributed by atoms with van der Waals surface area (Å²) in [6.07, 6.45) is 1.23. The molecule has 1 aliphatic heterocycles. The molecule has 0 N–H and O–H groups in total. The van der Waals surface area contributed by atoms with Gasteiger partial charge in [0.2, 0.25) is 0 Å². The minimum absolute atomic E-state index is 0.0630. The molecular formula is C13H15NO3. The quantitative estimate of drug-likeness (QED) is 0.731. The molecule has 0 aromatic heterocycles. The molecule has 0 bridgehead atoms. The maximum absolute atomic E-state index is 8.37. The van der Waals surface area contributed by atoms with Crippen LogP contribution in [0.1, 0.15) is 12.8 Å². The van der Waals surface area contributed by atoms with Gasteiger partial charge in [0.05, 0.1) is 12.7 Å². The van der Waals surface area contributed by atoms with Crippen molar-refractivity contribution in [3.63, 3.8) is 0 Å². The van der Waals surface area contributed by atoms with Crippen molar-refractivity contribution in [1.82, 2.24) is 0 Å². The van der Waals surface area contributed by atoms with Crippen molar-refractivity contribution < 1.29 is 14.2 Å². The molecule has 0 spiro atoms. The zero-order valence-corrected chi connectivity index (χ0v) is 9.59. The number of hydrogen-bond donors (Lipinski definition) is 0. The normalized spacial score (nSPS) is 17.5. The highest BCUT2D eigenvalue weighted by Crippen LogP contribution is 2.30. The van der Waals surface area contributed by atoms with Crippen LogP contribution in [0.25, 0.3) is 0 Å². The minimum atomic E-state index is -0.0630. The molecule has 1 atom stereocenters. The van der Waals surface area contributed by atoms with Crippen molar-refractivity contribution >= 4 is 0 Å². The number of nitriles is 1. The van der Waals surface area contributed by atoms with Crippen LogP contribution in [0.4, 0.5) is 0 Å². The minimum Gasteiger partial charge on any atom is -0.486 e. The molecule has 0 amide bonds. The lowest BCUT2D eigenvalue weighted by atomic mass is 10.2. The Bertz CT molecular complexity index is 400. The zero-order chi connectivity index (χ0) is 11.9. The van der Waals surface area contributed by atoms with Crippen molar-refractivity contribution in [2.24, 2.45) is 0 Å². The van der Waals surface area contributed by atoms with Gasteiger partial charge in [0, 0.05) is 13.0 Å². The van der Waals surface area contributed by atoms with E-state index < -0.39 is 0 Å². The molecule has 90 valence electrons. The average molecular weight is 233 g/mol. The first-order chi connectivity index (χ1) is 8.40. The first-order valence-corrected chi connectivity index (χ1v) is 5.73. The van der Waals surface area contributed by atoms with Crippen molar-refractivity contribution in [3.8, 4) is 17.6 Å². The molecule has 4 nitrogen and oxygen atoms in total. The summed E-state index contributed by atoms with van der Waals surface area (Å²) in [5.41, 5.74) is 0. The van der Waals surface area contributed by atoms with Gasteiger partial charge < -0.3 is 14.2 Å². The molecule has 0 saturated heterocycles. The molecular weight excluding hydrogens is 218 g/mol. The number of fused-ring (bicyclic) bond motifs is 1. The van der Waals surface area contributed by atoms with Gasteiger partial charge in [-0.3, -0.25) is 0 Å². The monoisotopic (exact) mass is 233 g/mol. The van der Waals surface area contributed by atoms with Crippen LogP contribution in [-0.4, -0.2) is 25.9 Å². The van der Waals surface area contributed by atoms with Gasteiger partial charge in [0.25, 0.3) is 0 Å². The lowest BCUT2D eigenvalue weighted by Gasteiger charge is -2.26. The molecule has 1 unspecified atom stereocenters. The molecule has 0 radical (unpaired) electrons. The summed E-state index contributed by atoms with van der Waals surface area (Å²) in [5.74, 6) is 1.55. The van der Waals surface area contributed by atoms with E-state index in [1.165, 1.54) is 0 Å². The first-order valence-electron chi connectivity index (χ1n) is 5.73. The van der Waals surface area contributed by atoms with Crippen LogP contribution in [0, 0.1) is 11.3 Å². The van der Waals surface area contributed by atoms with E-state index in [-0.39, 0.29) is 6.10 Å². The van der Waals surface area contributed by atoms with Crippen LogP contribution >= 0.6 is 0 Å². The number of nitrogens with zero attached hydrogens (tertiary/aromatic N) is 1. The Morgan fingerprint density at radius 2 is 2.18 bits per heavy atom. The van der Waals surface area contributed by atoms with Crippen LogP contribution in [-0.2, 0) is 4.74 Å². The van der Waals surface area contributed by atoms with E-state index in [2.05, 4.69) is 6.07 Å².